The van der Waals surface area contributed by atoms with E-state index in [2.05, 4.69) is 5.32 Å². The van der Waals surface area contributed by atoms with Gasteiger partial charge in [-0.25, -0.2) is 4.79 Å². The third-order valence-electron chi connectivity index (χ3n) is 3.75. The minimum absolute atomic E-state index is 0.0785. The first-order valence-electron chi connectivity index (χ1n) is 7.79. The first-order valence-corrected chi connectivity index (χ1v) is 7.79. The molecule has 122 valence electrons. The molecule has 0 aliphatic heterocycles. The zero-order chi connectivity index (χ0) is 17.3. The van der Waals surface area contributed by atoms with Gasteiger partial charge in [0.1, 0.15) is 5.58 Å². The summed E-state index contributed by atoms with van der Waals surface area (Å²) in [7, 11) is 0. The minimum atomic E-state index is -0.488. The molecular formula is C20H19NO3. The molecular weight excluding hydrogens is 302 g/mol. The zero-order valence-electron chi connectivity index (χ0n) is 13.9. The van der Waals surface area contributed by atoms with Crippen molar-refractivity contribution < 1.29 is 9.21 Å². The lowest BCUT2D eigenvalue weighted by Crippen LogP contribution is -2.27. The monoisotopic (exact) mass is 321 g/mol. The van der Waals surface area contributed by atoms with Crippen molar-refractivity contribution in [3.8, 4) is 11.1 Å². The van der Waals surface area contributed by atoms with Crippen molar-refractivity contribution in [1.82, 2.24) is 0 Å². The van der Waals surface area contributed by atoms with Crippen molar-refractivity contribution >= 4 is 22.6 Å². The molecule has 4 nitrogen and oxygen atoms in total. The largest absolute Gasteiger partial charge is 0.422 e. The summed E-state index contributed by atoms with van der Waals surface area (Å²) in [5.41, 5.74) is 1.51. The molecule has 1 heterocycles. The van der Waals surface area contributed by atoms with E-state index < -0.39 is 11.0 Å². The van der Waals surface area contributed by atoms with Crippen molar-refractivity contribution in [1.29, 1.82) is 0 Å². The van der Waals surface area contributed by atoms with Gasteiger partial charge in [0, 0.05) is 16.5 Å². The Kier molecular flexibility index (Phi) is 3.97. The lowest BCUT2D eigenvalue weighted by molar-refractivity contribution is -0.123. The van der Waals surface area contributed by atoms with E-state index in [1.807, 2.05) is 57.2 Å². The van der Waals surface area contributed by atoms with Gasteiger partial charge in [-0.05, 0) is 29.8 Å². The van der Waals surface area contributed by atoms with E-state index in [0.29, 0.717) is 22.4 Å². The fourth-order valence-corrected chi connectivity index (χ4v) is 2.35. The summed E-state index contributed by atoms with van der Waals surface area (Å²) in [5.74, 6) is -0.0785. The second kappa shape index (κ2) is 5.96. The van der Waals surface area contributed by atoms with Gasteiger partial charge >= 0.3 is 5.63 Å². The van der Waals surface area contributed by atoms with Gasteiger partial charge in [0.2, 0.25) is 5.91 Å². The summed E-state index contributed by atoms with van der Waals surface area (Å²) in [6, 6.07) is 16.4. The van der Waals surface area contributed by atoms with Gasteiger partial charge in [-0.3, -0.25) is 4.79 Å². The molecule has 0 radical (unpaired) electrons. The van der Waals surface area contributed by atoms with Crippen LogP contribution in [0.3, 0.4) is 0 Å². The quantitative estimate of drug-likeness (QED) is 0.710. The Morgan fingerprint density at radius 3 is 2.50 bits per heavy atom. The van der Waals surface area contributed by atoms with Crippen LogP contribution in [0.4, 0.5) is 5.69 Å². The molecule has 0 aliphatic carbocycles. The van der Waals surface area contributed by atoms with Gasteiger partial charge in [-0.2, -0.15) is 0 Å². The molecule has 4 heteroatoms. The average molecular weight is 321 g/mol. The second-order valence-corrected chi connectivity index (χ2v) is 6.77. The first-order chi connectivity index (χ1) is 11.3. The number of nitrogens with one attached hydrogen (secondary N) is 1. The Labute approximate surface area is 140 Å². The van der Waals surface area contributed by atoms with Crippen LogP contribution in [0.2, 0.25) is 0 Å². The summed E-state index contributed by atoms with van der Waals surface area (Å²) in [6.45, 7) is 5.55. The van der Waals surface area contributed by atoms with Crippen LogP contribution >= 0.6 is 0 Å². The summed E-state index contributed by atoms with van der Waals surface area (Å²) >= 11 is 0. The maximum Gasteiger partial charge on any atom is 0.344 e. The maximum absolute atomic E-state index is 12.3. The molecule has 1 N–H and O–H groups in total. The predicted molar refractivity (Wildman–Crippen MR) is 96.0 cm³/mol. The number of amides is 1. The van der Waals surface area contributed by atoms with Gasteiger partial charge in [-0.15, -0.1) is 0 Å². The topological polar surface area (TPSA) is 59.3 Å². The molecule has 3 aromatic rings. The molecule has 0 bridgehead atoms. The fourth-order valence-electron chi connectivity index (χ4n) is 2.35. The molecule has 0 spiro atoms. The molecule has 0 aliphatic rings. The van der Waals surface area contributed by atoms with Crippen LogP contribution in [0.15, 0.2) is 63.8 Å². The van der Waals surface area contributed by atoms with E-state index in [1.165, 1.54) is 0 Å². The highest BCUT2D eigenvalue weighted by Crippen LogP contribution is 2.24. The zero-order valence-corrected chi connectivity index (χ0v) is 13.9. The number of para-hydroxylation sites is 1. The third kappa shape index (κ3) is 3.23. The van der Waals surface area contributed by atoms with Crippen molar-refractivity contribution in [3.05, 3.63) is 65.0 Å². The molecule has 1 amide bonds. The molecule has 0 saturated heterocycles. The minimum Gasteiger partial charge on any atom is -0.422 e. The summed E-state index contributed by atoms with van der Waals surface area (Å²) in [5, 5.41) is 3.73. The number of carbonyl (C=O) groups excluding carboxylic acids is 1. The molecule has 1 aromatic heterocycles. The standard InChI is InChI=1S/C20H19NO3/c1-20(2,3)19(23)21-15-9-6-8-13(11-15)16-12-14-7-4-5-10-17(14)24-18(16)22/h4-12H,1-3H3,(H,21,23). The van der Waals surface area contributed by atoms with Gasteiger partial charge in [0.25, 0.3) is 0 Å². The van der Waals surface area contributed by atoms with Crippen LogP contribution in [0, 0.1) is 5.41 Å². The van der Waals surface area contributed by atoms with E-state index >= 15 is 0 Å². The molecule has 24 heavy (non-hydrogen) atoms. The van der Waals surface area contributed by atoms with E-state index in [9.17, 15) is 9.59 Å². The molecule has 0 atom stereocenters. The molecule has 0 fully saturated rings. The summed E-state index contributed by atoms with van der Waals surface area (Å²) in [6.07, 6.45) is 0. The van der Waals surface area contributed by atoms with E-state index in [-0.39, 0.29) is 5.91 Å². The normalized spacial score (nSPS) is 11.5. The number of fused-ring (bicyclic) bond motifs is 1. The number of anilines is 1. The summed E-state index contributed by atoms with van der Waals surface area (Å²) in [4.78, 5) is 24.4. The fraction of sp³-hybridized carbons (Fsp3) is 0.200. The van der Waals surface area contributed by atoms with Crippen molar-refractivity contribution in [2.45, 2.75) is 20.8 Å². The number of hydrogen-bond acceptors (Lipinski definition) is 3. The van der Waals surface area contributed by atoms with Gasteiger partial charge in [0.05, 0.1) is 5.56 Å². The smallest absolute Gasteiger partial charge is 0.344 e. The maximum atomic E-state index is 12.3. The second-order valence-electron chi connectivity index (χ2n) is 6.77. The lowest BCUT2D eigenvalue weighted by Gasteiger charge is -2.18. The van der Waals surface area contributed by atoms with Crippen molar-refractivity contribution in [2.24, 2.45) is 5.41 Å². The third-order valence-corrected chi connectivity index (χ3v) is 3.75. The number of benzene rings is 2. The highest BCUT2D eigenvalue weighted by Gasteiger charge is 2.21. The Morgan fingerprint density at radius 2 is 1.75 bits per heavy atom. The molecule has 2 aromatic carbocycles. The van der Waals surface area contributed by atoms with Crippen LogP contribution in [0.25, 0.3) is 22.1 Å². The SMILES string of the molecule is CC(C)(C)C(=O)Nc1cccc(-c2cc3ccccc3oc2=O)c1. The predicted octanol–water partition coefficient (Wildman–Crippen LogP) is 4.44. The van der Waals surface area contributed by atoms with Crippen molar-refractivity contribution in [3.63, 3.8) is 0 Å². The Bertz CT molecular complexity index is 964. The van der Waals surface area contributed by atoms with Crippen LogP contribution < -0.4 is 10.9 Å². The van der Waals surface area contributed by atoms with Gasteiger partial charge in [0.15, 0.2) is 0 Å². The first kappa shape index (κ1) is 16.0. The van der Waals surface area contributed by atoms with Gasteiger partial charge in [-0.1, -0.05) is 51.1 Å². The highest BCUT2D eigenvalue weighted by molar-refractivity contribution is 5.95. The van der Waals surface area contributed by atoms with E-state index in [0.717, 1.165) is 5.39 Å². The molecule has 3 rings (SSSR count). The van der Waals surface area contributed by atoms with E-state index in [4.69, 9.17) is 4.42 Å². The lowest BCUT2D eigenvalue weighted by atomic mass is 9.95. The summed E-state index contributed by atoms with van der Waals surface area (Å²) < 4.78 is 5.38. The van der Waals surface area contributed by atoms with Crippen LogP contribution in [0.5, 0.6) is 0 Å². The number of carbonyl (C=O) groups is 1. The molecule has 0 unspecified atom stereocenters. The average Bonchev–Trinajstić information content (AvgIpc) is 2.53. The van der Waals surface area contributed by atoms with Crippen LogP contribution in [-0.4, -0.2) is 5.91 Å². The van der Waals surface area contributed by atoms with E-state index in [1.54, 1.807) is 18.2 Å². The van der Waals surface area contributed by atoms with Crippen molar-refractivity contribution in [2.75, 3.05) is 5.32 Å². The van der Waals surface area contributed by atoms with Crippen LogP contribution in [-0.2, 0) is 4.79 Å². The molecule has 0 saturated carbocycles. The number of hydrogen-bond donors (Lipinski definition) is 1. The number of rotatable bonds is 2. The van der Waals surface area contributed by atoms with Crippen LogP contribution in [0.1, 0.15) is 20.8 Å². The Morgan fingerprint density at radius 1 is 1.00 bits per heavy atom. The van der Waals surface area contributed by atoms with Gasteiger partial charge < -0.3 is 9.73 Å². The Hall–Kier alpha value is -2.88. The Balaban J connectivity index is 2.02. The highest BCUT2D eigenvalue weighted by atomic mass is 16.4.